The van der Waals surface area contributed by atoms with Gasteiger partial charge in [0.1, 0.15) is 0 Å². The number of carbonyl (C=O) groups is 1. The Balaban J connectivity index is 2.25. The molecular weight excluding hydrogens is 292 g/mol. The summed E-state index contributed by atoms with van der Waals surface area (Å²) in [5.41, 5.74) is 1.25. The summed E-state index contributed by atoms with van der Waals surface area (Å²) in [4.78, 5) is 29.2. The fourth-order valence-corrected chi connectivity index (χ4v) is 2.49. The lowest BCUT2D eigenvalue weighted by Crippen LogP contribution is -2.35. The molecule has 0 aliphatic rings. The first-order valence-corrected chi connectivity index (χ1v) is 7.89. The second-order valence-corrected chi connectivity index (χ2v) is 6.12. The number of H-pyrrole nitrogens is 1. The van der Waals surface area contributed by atoms with Gasteiger partial charge in [0.05, 0.1) is 13.2 Å². The highest BCUT2D eigenvalue weighted by Crippen LogP contribution is 2.13. The summed E-state index contributed by atoms with van der Waals surface area (Å²) >= 11 is 0. The minimum Gasteiger partial charge on any atom is -0.383 e. The highest BCUT2D eigenvalue weighted by molar-refractivity contribution is 5.79. The molecule has 5 heteroatoms. The van der Waals surface area contributed by atoms with Crippen LogP contribution in [0.3, 0.4) is 0 Å². The number of hydrogen-bond donors (Lipinski definition) is 1. The van der Waals surface area contributed by atoms with Crippen molar-refractivity contribution >= 4 is 16.8 Å². The highest BCUT2D eigenvalue weighted by Gasteiger charge is 2.17. The number of rotatable bonds is 7. The minimum atomic E-state index is -0.150. The Bertz CT molecular complexity index is 722. The fraction of sp³-hybridized carbons (Fsp3) is 0.444. The molecule has 2 rings (SSSR count). The number of amides is 1. The van der Waals surface area contributed by atoms with E-state index in [-0.39, 0.29) is 17.4 Å². The molecule has 5 nitrogen and oxygen atoms in total. The van der Waals surface area contributed by atoms with E-state index in [1.165, 1.54) is 0 Å². The van der Waals surface area contributed by atoms with Gasteiger partial charge in [0.2, 0.25) is 5.91 Å². The Hall–Kier alpha value is -2.14. The van der Waals surface area contributed by atoms with Gasteiger partial charge in [-0.05, 0) is 23.4 Å². The van der Waals surface area contributed by atoms with E-state index in [9.17, 15) is 9.59 Å². The number of pyridine rings is 1. The first-order chi connectivity index (χ1) is 11.0. The molecule has 0 aliphatic carbocycles. The Labute approximate surface area is 136 Å². The first kappa shape index (κ1) is 17.2. The lowest BCUT2D eigenvalue weighted by molar-refractivity contribution is -0.133. The van der Waals surface area contributed by atoms with E-state index < -0.39 is 0 Å². The number of aromatic nitrogens is 1. The second-order valence-electron chi connectivity index (χ2n) is 6.12. The number of aromatic amines is 1. The molecule has 0 radical (unpaired) electrons. The van der Waals surface area contributed by atoms with Gasteiger partial charge < -0.3 is 14.6 Å². The van der Waals surface area contributed by atoms with Crippen molar-refractivity contribution in [2.24, 2.45) is 5.92 Å². The summed E-state index contributed by atoms with van der Waals surface area (Å²) in [5, 5.41) is 0.963. The quantitative estimate of drug-likeness (QED) is 0.854. The van der Waals surface area contributed by atoms with Crippen molar-refractivity contribution in [2.45, 2.75) is 26.8 Å². The number of hydrogen-bond acceptors (Lipinski definition) is 3. The Kier molecular flexibility index (Phi) is 5.93. The largest absolute Gasteiger partial charge is 0.383 e. The smallest absolute Gasteiger partial charge is 0.253 e. The second kappa shape index (κ2) is 7.92. The third kappa shape index (κ3) is 4.66. The average Bonchev–Trinajstić information content (AvgIpc) is 2.51. The molecule has 2 aromatic rings. The number of para-hydroxylation sites is 1. The average molecular weight is 316 g/mol. The van der Waals surface area contributed by atoms with E-state index in [1.54, 1.807) is 12.0 Å². The topological polar surface area (TPSA) is 62.4 Å². The monoisotopic (exact) mass is 316 g/mol. The van der Waals surface area contributed by atoms with Crippen molar-refractivity contribution in [3.63, 3.8) is 0 Å². The third-order valence-electron chi connectivity index (χ3n) is 3.69. The first-order valence-electron chi connectivity index (χ1n) is 7.89. The van der Waals surface area contributed by atoms with Gasteiger partial charge in [0, 0.05) is 31.2 Å². The molecule has 0 bridgehead atoms. The van der Waals surface area contributed by atoms with Crippen molar-refractivity contribution in [1.29, 1.82) is 0 Å². The highest BCUT2D eigenvalue weighted by atomic mass is 16.5. The van der Waals surface area contributed by atoms with Crippen LogP contribution >= 0.6 is 0 Å². The lowest BCUT2D eigenvalue weighted by atomic mass is 10.1. The van der Waals surface area contributed by atoms with Crippen LogP contribution in [0.5, 0.6) is 0 Å². The molecule has 1 aromatic heterocycles. The molecule has 1 aromatic carbocycles. The molecule has 0 aliphatic heterocycles. The van der Waals surface area contributed by atoms with E-state index >= 15 is 0 Å². The Morgan fingerprint density at radius 2 is 2.04 bits per heavy atom. The number of carbonyl (C=O) groups excluding carboxylic acids is 1. The van der Waals surface area contributed by atoms with Crippen LogP contribution in [-0.2, 0) is 16.1 Å². The molecule has 1 amide bonds. The maximum absolute atomic E-state index is 12.4. The van der Waals surface area contributed by atoms with E-state index in [0.29, 0.717) is 31.7 Å². The predicted molar refractivity (Wildman–Crippen MR) is 91.3 cm³/mol. The molecule has 0 spiro atoms. The van der Waals surface area contributed by atoms with Crippen molar-refractivity contribution < 1.29 is 9.53 Å². The maximum Gasteiger partial charge on any atom is 0.253 e. The molecule has 0 fully saturated rings. The van der Waals surface area contributed by atoms with Crippen molar-refractivity contribution in [2.75, 3.05) is 20.3 Å². The minimum absolute atomic E-state index is 0.0459. The molecule has 124 valence electrons. The van der Waals surface area contributed by atoms with Gasteiger partial charge in [-0.3, -0.25) is 9.59 Å². The van der Waals surface area contributed by atoms with E-state index in [0.717, 1.165) is 10.9 Å². The standard InChI is InChI=1S/C18H24N2O3/c1-13(2)10-17(21)20(8-9-23-3)12-15-11-14-6-4-5-7-16(14)19-18(15)22/h4-7,11,13H,8-10,12H2,1-3H3,(H,19,22). The number of benzene rings is 1. The van der Waals surface area contributed by atoms with Gasteiger partial charge in [-0.25, -0.2) is 0 Å². The van der Waals surface area contributed by atoms with Crippen molar-refractivity contribution in [3.8, 4) is 0 Å². The molecule has 1 N–H and O–H groups in total. The summed E-state index contributed by atoms with van der Waals surface area (Å²) in [7, 11) is 1.61. The zero-order valence-electron chi connectivity index (χ0n) is 14.0. The zero-order valence-corrected chi connectivity index (χ0v) is 14.0. The van der Waals surface area contributed by atoms with Crippen LogP contribution in [0.2, 0.25) is 0 Å². The number of ether oxygens (including phenoxy) is 1. The zero-order chi connectivity index (χ0) is 16.8. The fourth-order valence-electron chi connectivity index (χ4n) is 2.49. The molecule has 0 unspecified atom stereocenters. The Morgan fingerprint density at radius 1 is 1.30 bits per heavy atom. The van der Waals surface area contributed by atoms with Gasteiger partial charge in [0.25, 0.3) is 5.56 Å². The molecule has 23 heavy (non-hydrogen) atoms. The van der Waals surface area contributed by atoms with Crippen LogP contribution in [0.25, 0.3) is 10.9 Å². The summed E-state index contributed by atoms with van der Waals surface area (Å²) in [5.74, 6) is 0.326. The third-order valence-corrected chi connectivity index (χ3v) is 3.69. The summed E-state index contributed by atoms with van der Waals surface area (Å²) in [6, 6.07) is 9.49. The van der Waals surface area contributed by atoms with Gasteiger partial charge in [-0.15, -0.1) is 0 Å². The molecule has 0 saturated heterocycles. The summed E-state index contributed by atoms with van der Waals surface area (Å²) < 4.78 is 5.09. The lowest BCUT2D eigenvalue weighted by Gasteiger charge is -2.23. The summed E-state index contributed by atoms with van der Waals surface area (Å²) in [6.07, 6.45) is 0.467. The van der Waals surface area contributed by atoms with Crippen LogP contribution in [0.15, 0.2) is 35.1 Å². The number of fused-ring (bicyclic) bond motifs is 1. The SMILES string of the molecule is COCCN(Cc1cc2ccccc2[nH]c1=O)C(=O)CC(C)C. The van der Waals surface area contributed by atoms with Crippen LogP contribution in [0.1, 0.15) is 25.8 Å². The molecule has 1 heterocycles. The van der Waals surface area contributed by atoms with Gasteiger partial charge in [0.15, 0.2) is 0 Å². The normalized spacial score (nSPS) is 11.1. The van der Waals surface area contributed by atoms with Crippen molar-refractivity contribution in [1.82, 2.24) is 9.88 Å². The van der Waals surface area contributed by atoms with E-state index in [1.807, 2.05) is 44.2 Å². The van der Waals surface area contributed by atoms with Crippen LogP contribution in [0.4, 0.5) is 0 Å². The van der Waals surface area contributed by atoms with Crippen LogP contribution in [-0.4, -0.2) is 36.1 Å². The molecular formula is C18H24N2O3. The number of methoxy groups -OCH3 is 1. The van der Waals surface area contributed by atoms with Crippen molar-refractivity contribution in [3.05, 3.63) is 46.2 Å². The molecule has 0 saturated carbocycles. The van der Waals surface area contributed by atoms with Crippen LogP contribution in [0, 0.1) is 5.92 Å². The van der Waals surface area contributed by atoms with Gasteiger partial charge in [-0.1, -0.05) is 32.0 Å². The summed E-state index contributed by atoms with van der Waals surface area (Å²) in [6.45, 7) is 5.25. The van der Waals surface area contributed by atoms with Gasteiger partial charge in [-0.2, -0.15) is 0 Å². The van der Waals surface area contributed by atoms with E-state index in [2.05, 4.69) is 4.98 Å². The number of nitrogens with zero attached hydrogens (tertiary/aromatic N) is 1. The van der Waals surface area contributed by atoms with Gasteiger partial charge >= 0.3 is 0 Å². The maximum atomic E-state index is 12.4. The Morgan fingerprint density at radius 3 is 2.74 bits per heavy atom. The molecule has 0 atom stereocenters. The number of nitrogens with one attached hydrogen (secondary N) is 1. The van der Waals surface area contributed by atoms with E-state index in [4.69, 9.17) is 4.74 Å². The predicted octanol–water partition coefficient (Wildman–Crippen LogP) is 2.55. The van der Waals surface area contributed by atoms with Crippen LogP contribution < -0.4 is 5.56 Å².